The summed E-state index contributed by atoms with van der Waals surface area (Å²) in [7, 11) is 0. The molecule has 5 rings (SSSR count). The van der Waals surface area contributed by atoms with Gasteiger partial charge in [0.05, 0.1) is 5.69 Å². The third-order valence-electron chi connectivity index (χ3n) is 5.32. The zero-order valence-electron chi connectivity index (χ0n) is 15.7. The highest BCUT2D eigenvalue weighted by atomic mass is 32.1. The predicted octanol–water partition coefficient (Wildman–Crippen LogP) is 3.78. The van der Waals surface area contributed by atoms with Gasteiger partial charge in [-0.2, -0.15) is 0 Å². The van der Waals surface area contributed by atoms with Gasteiger partial charge in [-0.05, 0) is 65.5 Å². The molecular weight excluding hydrogens is 384 g/mol. The zero-order chi connectivity index (χ0) is 20.0. The number of aryl methyl sites for hydroxylation is 1. The lowest BCUT2D eigenvalue weighted by atomic mass is 10.1. The van der Waals surface area contributed by atoms with Crippen molar-refractivity contribution in [2.75, 3.05) is 11.1 Å². The summed E-state index contributed by atoms with van der Waals surface area (Å²) in [5.41, 5.74) is 10.0. The number of hydrogen-bond acceptors (Lipinski definition) is 7. The third kappa shape index (κ3) is 3.31. The Labute approximate surface area is 171 Å². The third-order valence-corrected chi connectivity index (χ3v) is 5.92. The minimum Gasteiger partial charge on any atom is -0.383 e. The molecule has 1 aliphatic carbocycles. The van der Waals surface area contributed by atoms with Gasteiger partial charge in [0.25, 0.3) is 0 Å². The highest BCUT2D eigenvalue weighted by Gasteiger charge is 2.44. The van der Waals surface area contributed by atoms with Gasteiger partial charge in [0, 0.05) is 47.0 Å². The lowest BCUT2D eigenvalue weighted by molar-refractivity contribution is -0.117. The smallest absolute Gasteiger partial charge is 0.229 e. The van der Waals surface area contributed by atoms with E-state index in [2.05, 4.69) is 24.6 Å². The van der Waals surface area contributed by atoms with Crippen molar-refractivity contribution in [2.45, 2.75) is 19.3 Å². The highest BCUT2D eigenvalue weighted by molar-refractivity contribution is 7.03. The Bertz CT molecular complexity index is 1220. The maximum absolute atomic E-state index is 12.6. The molecule has 1 amide bonds. The van der Waals surface area contributed by atoms with Crippen LogP contribution in [-0.2, 0) is 4.79 Å². The maximum atomic E-state index is 12.6. The van der Waals surface area contributed by atoms with E-state index in [1.54, 1.807) is 18.6 Å². The van der Waals surface area contributed by atoms with Crippen molar-refractivity contribution >= 4 is 39.8 Å². The van der Waals surface area contributed by atoms with Crippen molar-refractivity contribution in [2.24, 2.45) is 5.92 Å². The first-order valence-corrected chi connectivity index (χ1v) is 10.1. The van der Waals surface area contributed by atoms with Crippen LogP contribution < -0.4 is 11.1 Å². The molecule has 4 aromatic rings. The topological polar surface area (TPSA) is 107 Å². The molecule has 2 atom stereocenters. The van der Waals surface area contributed by atoms with Crippen LogP contribution in [0.1, 0.15) is 23.5 Å². The minimum atomic E-state index is -0.0278. The average molecular weight is 402 g/mol. The second-order valence-electron chi connectivity index (χ2n) is 7.27. The van der Waals surface area contributed by atoms with Crippen molar-refractivity contribution in [3.63, 3.8) is 0 Å². The van der Waals surface area contributed by atoms with Gasteiger partial charge in [-0.1, -0.05) is 0 Å². The number of nitrogen functional groups attached to an aromatic ring is 1. The van der Waals surface area contributed by atoms with Crippen molar-refractivity contribution in [1.82, 2.24) is 19.3 Å². The molecule has 29 heavy (non-hydrogen) atoms. The van der Waals surface area contributed by atoms with E-state index in [-0.39, 0.29) is 17.7 Å². The quantitative estimate of drug-likeness (QED) is 0.538. The Morgan fingerprint density at radius 2 is 2.17 bits per heavy atom. The summed E-state index contributed by atoms with van der Waals surface area (Å²) in [4.78, 5) is 25.6. The van der Waals surface area contributed by atoms with Gasteiger partial charge < -0.3 is 11.1 Å². The van der Waals surface area contributed by atoms with Crippen LogP contribution >= 0.6 is 11.5 Å². The highest BCUT2D eigenvalue weighted by Crippen LogP contribution is 2.48. The van der Waals surface area contributed by atoms with Gasteiger partial charge in [-0.3, -0.25) is 9.78 Å². The van der Waals surface area contributed by atoms with E-state index in [0.717, 1.165) is 39.6 Å². The summed E-state index contributed by atoms with van der Waals surface area (Å²) >= 11 is 1.41. The van der Waals surface area contributed by atoms with Gasteiger partial charge in [0.2, 0.25) is 5.91 Å². The lowest BCUT2D eigenvalue weighted by Gasteiger charge is -2.10. The Morgan fingerprint density at radius 3 is 2.97 bits per heavy atom. The predicted molar refractivity (Wildman–Crippen MR) is 114 cm³/mol. The van der Waals surface area contributed by atoms with Crippen LogP contribution in [-0.4, -0.2) is 25.2 Å². The van der Waals surface area contributed by atoms with E-state index in [1.165, 1.54) is 11.5 Å². The summed E-state index contributed by atoms with van der Waals surface area (Å²) in [6.45, 7) is 2.01. The zero-order valence-corrected chi connectivity index (χ0v) is 16.5. The molecule has 0 bridgehead atoms. The number of nitrogens with zero attached hydrogens (tertiary/aromatic N) is 4. The van der Waals surface area contributed by atoms with Crippen molar-refractivity contribution in [1.29, 1.82) is 0 Å². The molecule has 0 saturated heterocycles. The van der Waals surface area contributed by atoms with Crippen LogP contribution in [0.2, 0.25) is 0 Å². The van der Waals surface area contributed by atoms with E-state index in [1.807, 2.05) is 36.7 Å². The Balaban J connectivity index is 1.42. The SMILES string of the molecule is Cc1ccncc1-c1cc2cc(NC(=O)C3CC3c3cnsc3)ncc2c(N)n1. The number of rotatable bonds is 4. The molecular formula is C21H18N6OS. The normalized spacial score (nSPS) is 18.0. The van der Waals surface area contributed by atoms with E-state index in [0.29, 0.717) is 11.6 Å². The van der Waals surface area contributed by atoms with Crippen LogP contribution in [0.15, 0.2) is 48.4 Å². The number of hydrogen-bond donors (Lipinski definition) is 2. The number of pyridine rings is 3. The average Bonchev–Trinajstić information content (AvgIpc) is 3.33. The molecule has 8 heteroatoms. The van der Waals surface area contributed by atoms with Crippen LogP contribution in [0.5, 0.6) is 0 Å². The summed E-state index contributed by atoms with van der Waals surface area (Å²) in [5.74, 6) is 1.13. The summed E-state index contributed by atoms with van der Waals surface area (Å²) in [5, 5.41) is 6.56. The second-order valence-corrected chi connectivity index (χ2v) is 7.93. The molecule has 0 radical (unpaired) electrons. The van der Waals surface area contributed by atoms with Crippen LogP contribution in [0, 0.1) is 12.8 Å². The summed E-state index contributed by atoms with van der Waals surface area (Å²) < 4.78 is 4.12. The molecule has 4 aromatic heterocycles. The first-order chi connectivity index (χ1) is 14.1. The molecule has 0 aromatic carbocycles. The molecule has 1 aliphatic rings. The fraction of sp³-hybridized carbons (Fsp3) is 0.190. The molecule has 3 N–H and O–H groups in total. The Hall–Kier alpha value is -3.39. The minimum absolute atomic E-state index is 0.0154. The van der Waals surface area contributed by atoms with Gasteiger partial charge in [0.1, 0.15) is 11.6 Å². The van der Waals surface area contributed by atoms with Gasteiger partial charge in [0.15, 0.2) is 0 Å². The van der Waals surface area contributed by atoms with Crippen molar-refractivity contribution in [3.8, 4) is 11.3 Å². The van der Waals surface area contributed by atoms with Gasteiger partial charge >= 0.3 is 0 Å². The first kappa shape index (κ1) is 17.7. The largest absolute Gasteiger partial charge is 0.383 e. The van der Waals surface area contributed by atoms with Crippen molar-refractivity contribution < 1.29 is 4.79 Å². The number of carbonyl (C=O) groups excluding carboxylic acids is 1. The molecule has 2 unspecified atom stereocenters. The lowest BCUT2D eigenvalue weighted by Crippen LogP contribution is -2.15. The van der Waals surface area contributed by atoms with Crippen LogP contribution in [0.25, 0.3) is 22.0 Å². The van der Waals surface area contributed by atoms with E-state index in [4.69, 9.17) is 5.73 Å². The molecule has 0 aliphatic heterocycles. The number of nitrogens with one attached hydrogen (secondary N) is 1. The fourth-order valence-corrected chi connectivity index (χ4v) is 4.18. The van der Waals surface area contributed by atoms with E-state index >= 15 is 0 Å². The van der Waals surface area contributed by atoms with Gasteiger partial charge in [-0.25, -0.2) is 14.3 Å². The Morgan fingerprint density at radius 1 is 1.28 bits per heavy atom. The molecule has 1 saturated carbocycles. The number of nitrogens with two attached hydrogens (primary N) is 1. The molecule has 0 spiro atoms. The van der Waals surface area contributed by atoms with Crippen molar-refractivity contribution in [3.05, 3.63) is 59.5 Å². The van der Waals surface area contributed by atoms with Gasteiger partial charge in [-0.15, -0.1) is 0 Å². The number of amides is 1. The van der Waals surface area contributed by atoms with E-state index < -0.39 is 0 Å². The second kappa shape index (κ2) is 6.89. The summed E-state index contributed by atoms with van der Waals surface area (Å²) in [6, 6.07) is 5.72. The number of aromatic nitrogens is 4. The molecule has 1 fully saturated rings. The molecule has 4 heterocycles. The van der Waals surface area contributed by atoms with Crippen LogP contribution in [0.3, 0.4) is 0 Å². The summed E-state index contributed by atoms with van der Waals surface area (Å²) in [6.07, 6.45) is 7.87. The number of fused-ring (bicyclic) bond motifs is 1. The van der Waals surface area contributed by atoms with E-state index in [9.17, 15) is 4.79 Å². The first-order valence-electron chi connectivity index (χ1n) is 9.27. The fourth-order valence-electron chi connectivity index (χ4n) is 3.58. The molecule has 7 nitrogen and oxygen atoms in total. The van der Waals surface area contributed by atoms with Crippen LogP contribution in [0.4, 0.5) is 11.6 Å². The molecule has 144 valence electrons. The maximum Gasteiger partial charge on any atom is 0.229 e. The number of anilines is 2. The Kier molecular flexibility index (Phi) is 4.21. The number of carbonyl (C=O) groups is 1. The monoisotopic (exact) mass is 402 g/mol. The standard InChI is InChI=1S/C21H18N6OS/c1-11-2-3-23-8-16(11)18-4-12-5-19(24-9-17(12)20(22)26-18)27-21(28)15-6-14(15)13-7-25-29-10-13/h2-5,7-10,14-15H,6H2,1H3,(H2,22,26)(H,24,27,28).